The average molecular weight is 843 g/mol. The lowest BCUT2D eigenvalue weighted by atomic mass is 9.81. The fourth-order valence-electron chi connectivity index (χ4n) is 8.06. The highest BCUT2D eigenvalue weighted by atomic mass is 35.5. The molecular weight excluding hydrogens is 790 g/mol. The highest BCUT2D eigenvalue weighted by Crippen LogP contribution is 2.56. The van der Waals surface area contributed by atoms with Crippen LogP contribution in [0.25, 0.3) is 0 Å². The minimum Gasteiger partial charge on any atom is -0.459 e. The van der Waals surface area contributed by atoms with E-state index in [2.05, 4.69) is 95.0 Å². The van der Waals surface area contributed by atoms with E-state index in [0.717, 1.165) is 32.4 Å². The second kappa shape index (κ2) is 16.8. The molecule has 0 saturated carbocycles. The summed E-state index contributed by atoms with van der Waals surface area (Å²) < 4.78 is 13.0. The van der Waals surface area contributed by atoms with Gasteiger partial charge in [-0.15, -0.1) is 0 Å². The summed E-state index contributed by atoms with van der Waals surface area (Å²) >= 11 is 14.1. The van der Waals surface area contributed by atoms with E-state index >= 15 is 4.79 Å². The standard InChI is InChI=1S/C46H53Cl2N3O4SSi/c1-31(2)39-40(56-43-49-46(9,33-22-26-35(48)27-23-33)41(51(39)43)32-20-24-34(47)25-21-32)42(53)50(30-38(52)55-44(3,4)5)28-29-54-57(45(6,7)8,36-16-12-10-13-17-36)37-18-14-11-15-19-37/h10-27,31,41H,28-30H2,1-9H3/t41-,46+/m1/s1. The molecule has 4 aromatic rings. The van der Waals surface area contributed by atoms with E-state index in [1.807, 2.05) is 81.4 Å². The molecule has 2 heterocycles. The molecule has 6 rings (SSSR count). The van der Waals surface area contributed by atoms with Crippen LogP contribution < -0.4 is 10.4 Å². The van der Waals surface area contributed by atoms with E-state index < -0.39 is 25.4 Å². The first-order chi connectivity index (χ1) is 26.9. The molecule has 4 aromatic carbocycles. The van der Waals surface area contributed by atoms with Gasteiger partial charge in [-0.2, -0.15) is 0 Å². The molecule has 300 valence electrons. The molecule has 0 unspecified atom stereocenters. The van der Waals surface area contributed by atoms with Gasteiger partial charge in [0.2, 0.25) is 0 Å². The van der Waals surface area contributed by atoms with E-state index in [-0.39, 0.29) is 42.6 Å². The first-order valence-corrected chi connectivity index (χ1v) is 22.9. The van der Waals surface area contributed by atoms with Gasteiger partial charge in [0.05, 0.1) is 12.6 Å². The number of halogens is 2. The van der Waals surface area contributed by atoms with Crippen LogP contribution in [0.2, 0.25) is 15.1 Å². The Labute approximate surface area is 353 Å². The Hall–Kier alpha value is -3.86. The zero-order chi connectivity index (χ0) is 41.3. The predicted octanol–water partition coefficient (Wildman–Crippen LogP) is 9.98. The quantitative estimate of drug-likeness (QED) is 0.105. The molecule has 0 aromatic heterocycles. The maximum atomic E-state index is 15.1. The molecule has 0 aliphatic carbocycles. The summed E-state index contributed by atoms with van der Waals surface area (Å²) in [6.45, 7) is 18.6. The number of hydrogen-bond donors (Lipinski definition) is 0. The molecule has 0 N–H and O–H groups in total. The number of aliphatic imine (C=N–C) groups is 1. The van der Waals surface area contributed by atoms with Crippen LogP contribution in [0, 0.1) is 5.92 Å². The van der Waals surface area contributed by atoms with E-state index in [9.17, 15) is 4.79 Å². The van der Waals surface area contributed by atoms with Crippen LogP contribution in [0.5, 0.6) is 0 Å². The van der Waals surface area contributed by atoms with Crippen LogP contribution in [0.1, 0.15) is 79.5 Å². The van der Waals surface area contributed by atoms with Crippen molar-refractivity contribution in [3.8, 4) is 0 Å². The molecule has 1 amide bonds. The number of amidine groups is 1. The van der Waals surface area contributed by atoms with Crippen molar-refractivity contribution in [1.29, 1.82) is 0 Å². The SMILES string of the molecule is CC(C)C1=C(C(=O)N(CCO[Si](c2ccccc2)(c2ccccc2)C(C)(C)C)CC(=O)OC(C)(C)C)SC2=N[C@@](C)(c3ccc(Cl)cc3)[C@@H](c3ccc(Cl)cc3)N21. The number of amides is 1. The Morgan fingerprint density at radius 2 is 1.37 bits per heavy atom. The molecule has 0 fully saturated rings. The van der Waals surface area contributed by atoms with Crippen molar-refractivity contribution in [2.45, 2.75) is 84.5 Å². The van der Waals surface area contributed by atoms with Gasteiger partial charge in [-0.25, -0.2) is 4.99 Å². The molecule has 0 bridgehead atoms. The van der Waals surface area contributed by atoms with Gasteiger partial charge in [-0.1, -0.05) is 143 Å². The van der Waals surface area contributed by atoms with Crippen LogP contribution in [-0.2, 0) is 24.3 Å². The normalized spacial score (nSPS) is 18.5. The van der Waals surface area contributed by atoms with E-state index in [4.69, 9.17) is 37.4 Å². The minimum atomic E-state index is -2.93. The largest absolute Gasteiger partial charge is 0.459 e. The third-order valence-electron chi connectivity index (χ3n) is 10.5. The predicted molar refractivity (Wildman–Crippen MR) is 238 cm³/mol. The van der Waals surface area contributed by atoms with Crippen LogP contribution in [0.4, 0.5) is 0 Å². The fourth-order valence-corrected chi connectivity index (χ4v) is 14.2. The molecule has 0 saturated heterocycles. The Balaban J connectivity index is 1.40. The summed E-state index contributed by atoms with van der Waals surface area (Å²) in [5, 5.41) is 4.02. The summed E-state index contributed by atoms with van der Waals surface area (Å²) in [5.74, 6) is -0.813. The maximum Gasteiger partial charge on any atom is 0.326 e. The first kappa shape index (κ1) is 42.7. The lowest BCUT2D eigenvalue weighted by Crippen LogP contribution is -2.67. The number of benzene rings is 4. The van der Waals surface area contributed by atoms with Crippen molar-refractivity contribution in [3.05, 3.63) is 141 Å². The zero-order valence-corrected chi connectivity index (χ0v) is 37.6. The van der Waals surface area contributed by atoms with Gasteiger partial charge in [0.15, 0.2) is 5.17 Å². The van der Waals surface area contributed by atoms with Crippen LogP contribution >= 0.6 is 35.0 Å². The van der Waals surface area contributed by atoms with Gasteiger partial charge in [0, 0.05) is 22.3 Å². The molecule has 11 heteroatoms. The highest BCUT2D eigenvalue weighted by Gasteiger charge is 2.54. The number of thioether (sulfide) groups is 1. The molecule has 2 atom stereocenters. The Kier molecular flexibility index (Phi) is 12.6. The number of rotatable bonds is 12. The van der Waals surface area contributed by atoms with Gasteiger partial charge in [0.25, 0.3) is 14.2 Å². The van der Waals surface area contributed by atoms with Crippen molar-refractivity contribution < 1.29 is 18.8 Å². The number of carbonyl (C=O) groups is 2. The van der Waals surface area contributed by atoms with Gasteiger partial charge in [-0.3, -0.25) is 9.59 Å². The van der Waals surface area contributed by atoms with Gasteiger partial charge < -0.3 is 19.0 Å². The molecule has 2 aliphatic heterocycles. The fraction of sp³-hybridized carbons (Fsp3) is 0.370. The molecule has 7 nitrogen and oxygen atoms in total. The minimum absolute atomic E-state index is 0.0664. The van der Waals surface area contributed by atoms with E-state index in [1.165, 1.54) is 11.8 Å². The van der Waals surface area contributed by atoms with Crippen molar-refractivity contribution >= 4 is 70.7 Å². The maximum absolute atomic E-state index is 15.1. The Bertz CT molecular complexity index is 2090. The lowest BCUT2D eigenvalue weighted by Gasteiger charge is -2.43. The van der Waals surface area contributed by atoms with Crippen molar-refractivity contribution in [2.75, 3.05) is 19.7 Å². The number of nitrogens with zero attached hydrogens (tertiary/aromatic N) is 3. The van der Waals surface area contributed by atoms with Gasteiger partial charge in [-0.05, 0) is 96.2 Å². The van der Waals surface area contributed by atoms with E-state index in [0.29, 0.717) is 15.0 Å². The summed E-state index contributed by atoms with van der Waals surface area (Å²) in [6.07, 6.45) is 0. The molecule has 2 aliphatic rings. The second-order valence-corrected chi connectivity index (χ2v) is 23.3. The Morgan fingerprint density at radius 3 is 1.86 bits per heavy atom. The number of esters is 1. The number of hydrogen-bond acceptors (Lipinski definition) is 7. The molecular formula is C46H53Cl2N3O4SSi. The zero-order valence-electron chi connectivity index (χ0n) is 34.3. The summed E-state index contributed by atoms with van der Waals surface area (Å²) in [5.41, 5.74) is 1.42. The first-order valence-electron chi connectivity index (χ1n) is 19.4. The van der Waals surface area contributed by atoms with E-state index in [1.54, 1.807) is 4.90 Å². The highest BCUT2D eigenvalue weighted by molar-refractivity contribution is 8.18. The van der Waals surface area contributed by atoms with Crippen LogP contribution in [-0.4, -0.2) is 60.5 Å². The van der Waals surface area contributed by atoms with Crippen molar-refractivity contribution in [3.63, 3.8) is 0 Å². The Morgan fingerprint density at radius 1 is 0.842 bits per heavy atom. The molecule has 0 spiro atoms. The third kappa shape index (κ3) is 8.79. The number of ether oxygens (including phenoxy) is 1. The topological polar surface area (TPSA) is 71.4 Å². The van der Waals surface area contributed by atoms with Crippen LogP contribution in [0.15, 0.2) is 125 Å². The average Bonchev–Trinajstić information content (AvgIpc) is 3.65. The number of allylic oxidation sites excluding steroid dienone is 1. The summed E-state index contributed by atoms with van der Waals surface area (Å²) in [6, 6.07) is 36.1. The third-order valence-corrected chi connectivity index (χ3v) is 17.1. The van der Waals surface area contributed by atoms with Crippen LogP contribution in [0.3, 0.4) is 0 Å². The second-order valence-electron chi connectivity index (χ2n) is 17.2. The monoisotopic (exact) mass is 841 g/mol. The number of fused-ring (bicyclic) bond motifs is 1. The van der Waals surface area contributed by atoms with Crippen molar-refractivity contribution in [1.82, 2.24) is 9.80 Å². The van der Waals surface area contributed by atoms with Crippen molar-refractivity contribution in [2.24, 2.45) is 10.9 Å². The van der Waals surface area contributed by atoms with Gasteiger partial charge >= 0.3 is 5.97 Å². The molecule has 0 radical (unpaired) electrons. The number of carbonyl (C=O) groups excluding carboxylic acids is 2. The van der Waals surface area contributed by atoms with Gasteiger partial charge in [0.1, 0.15) is 22.6 Å². The summed E-state index contributed by atoms with van der Waals surface area (Å²) in [4.78, 5) is 38.4. The molecule has 57 heavy (non-hydrogen) atoms. The smallest absolute Gasteiger partial charge is 0.326 e. The lowest BCUT2D eigenvalue weighted by molar-refractivity contribution is -0.158. The summed E-state index contributed by atoms with van der Waals surface area (Å²) in [7, 11) is -2.93.